The Morgan fingerprint density at radius 3 is 2.56 bits per heavy atom. The number of amides is 1. The highest BCUT2D eigenvalue weighted by molar-refractivity contribution is 5.89. The normalized spacial score (nSPS) is 44.4. The molecule has 32 heavy (non-hydrogen) atoms. The van der Waals surface area contributed by atoms with Crippen molar-refractivity contribution in [3.8, 4) is 0 Å². The van der Waals surface area contributed by atoms with Gasteiger partial charge in [0, 0.05) is 47.8 Å². The highest BCUT2D eigenvalue weighted by Gasteiger charge is 2.61. The Balaban J connectivity index is 1.29. The van der Waals surface area contributed by atoms with E-state index in [1.165, 1.54) is 12.8 Å². The standard InChI is InChI=1S/C27H35N3O2/c1-26-11-9-23(31)30(3)22(26)7-6-19-20(26)8-10-27(2)21(19)13-18(24(27)32)12-16-14-28-25(29-15-16)17-4-5-17/h9,11-12,14-15,17,19-22,24,32H,4-8,10,13H2,1-3H3/b18-12+/t19-,20+,21+,22-,24+,26-,27+/m1/s1. The van der Waals surface area contributed by atoms with Gasteiger partial charge in [0.2, 0.25) is 5.91 Å². The predicted octanol–water partition coefficient (Wildman–Crippen LogP) is 4.35. The second kappa shape index (κ2) is 6.99. The van der Waals surface area contributed by atoms with Crippen LogP contribution in [0.5, 0.6) is 0 Å². The van der Waals surface area contributed by atoms with E-state index in [-0.39, 0.29) is 16.7 Å². The van der Waals surface area contributed by atoms with Crippen LogP contribution in [0.3, 0.4) is 0 Å². The largest absolute Gasteiger partial charge is 0.388 e. The van der Waals surface area contributed by atoms with E-state index in [1.54, 1.807) is 6.08 Å². The number of aliphatic hydroxyl groups excluding tert-OH is 1. The number of aliphatic hydroxyl groups is 1. The van der Waals surface area contributed by atoms with Crippen molar-refractivity contribution in [1.82, 2.24) is 14.9 Å². The van der Waals surface area contributed by atoms with Crippen LogP contribution in [0.15, 0.2) is 30.1 Å². The van der Waals surface area contributed by atoms with Crippen LogP contribution in [0.25, 0.3) is 6.08 Å². The van der Waals surface area contributed by atoms with E-state index in [0.29, 0.717) is 29.7 Å². The molecule has 0 unspecified atom stereocenters. The molecule has 170 valence electrons. The summed E-state index contributed by atoms with van der Waals surface area (Å²) < 4.78 is 0. The molecule has 5 nitrogen and oxygen atoms in total. The van der Waals surface area contributed by atoms with E-state index >= 15 is 0 Å². The van der Waals surface area contributed by atoms with E-state index in [9.17, 15) is 9.90 Å². The summed E-state index contributed by atoms with van der Waals surface area (Å²) in [6, 6.07) is 0.300. The fraction of sp³-hybridized carbons (Fsp3) is 0.667. The lowest BCUT2D eigenvalue weighted by Crippen LogP contribution is -2.59. The summed E-state index contributed by atoms with van der Waals surface area (Å²) >= 11 is 0. The predicted molar refractivity (Wildman–Crippen MR) is 123 cm³/mol. The number of carbonyl (C=O) groups is 1. The van der Waals surface area contributed by atoms with Crippen molar-refractivity contribution in [3.05, 3.63) is 41.5 Å². The third-order valence-electron chi connectivity index (χ3n) is 9.98. The molecule has 6 rings (SSSR count). The first-order chi connectivity index (χ1) is 15.3. The molecule has 0 saturated heterocycles. The summed E-state index contributed by atoms with van der Waals surface area (Å²) in [6.07, 6.45) is 17.4. The maximum Gasteiger partial charge on any atom is 0.246 e. The molecule has 4 saturated carbocycles. The van der Waals surface area contributed by atoms with Crippen molar-refractivity contribution in [3.63, 3.8) is 0 Å². The van der Waals surface area contributed by atoms with Crippen LogP contribution in [-0.2, 0) is 4.79 Å². The van der Waals surface area contributed by atoms with E-state index in [1.807, 2.05) is 24.3 Å². The minimum atomic E-state index is -0.395. The van der Waals surface area contributed by atoms with Crippen LogP contribution < -0.4 is 0 Å². The van der Waals surface area contributed by atoms with Gasteiger partial charge in [-0.1, -0.05) is 26.0 Å². The molecule has 0 radical (unpaired) electrons. The van der Waals surface area contributed by atoms with E-state index in [2.05, 4.69) is 36.0 Å². The maximum absolute atomic E-state index is 12.3. The molecular weight excluding hydrogens is 398 g/mol. The molecule has 4 aliphatic carbocycles. The Labute approximate surface area is 191 Å². The molecule has 2 heterocycles. The fourth-order valence-electron chi connectivity index (χ4n) is 7.93. The lowest BCUT2D eigenvalue weighted by Gasteiger charge is -2.59. The molecule has 0 bridgehead atoms. The molecule has 7 atom stereocenters. The molecule has 4 fully saturated rings. The van der Waals surface area contributed by atoms with Crippen LogP contribution in [0.2, 0.25) is 0 Å². The van der Waals surface area contributed by atoms with Gasteiger partial charge in [-0.25, -0.2) is 9.97 Å². The average Bonchev–Trinajstić information content (AvgIpc) is 3.59. The molecule has 0 aromatic carbocycles. The zero-order chi connectivity index (χ0) is 22.3. The van der Waals surface area contributed by atoms with Gasteiger partial charge in [0.25, 0.3) is 0 Å². The first-order valence-electron chi connectivity index (χ1n) is 12.5. The van der Waals surface area contributed by atoms with Gasteiger partial charge in [-0.2, -0.15) is 0 Å². The molecule has 1 aromatic heterocycles. The fourth-order valence-corrected chi connectivity index (χ4v) is 7.93. The number of nitrogens with zero attached hydrogens (tertiary/aromatic N) is 3. The molecule has 5 heteroatoms. The lowest BCUT2D eigenvalue weighted by atomic mass is 9.48. The van der Waals surface area contributed by atoms with Gasteiger partial charge in [-0.05, 0) is 74.3 Å². The van der Waals surface area contributed by atoms with Gasteiger partial charge < -0.3 is 10.0 Å². The van der Waals surface area contributed by atoms with Crippen molar-refractivity contribution in [2.75, 3.05) is 7.05 Å². The topological polar surface area (TPSA) is 66.3 Å². The van der Waals surface area contributed by atoms with E-state index < -0.39 is 6.10 Å². The number of fused-ring (bicyclic) bond motifs is 5. The molecule has 0 spiro atoms. The van der Waals surface area contributed by atoms with Crippen LogP contribution in [-0.4, -0.2) is 45.1 Å². The number of hydrogen-bond donors (Lipinski definition) is 1. The van der Waals surface area contributed by atoms with Gasteiger partial charge >= 0.3 is 0 Å². The SMILES string of the molecule is CN1C(=O)C=C[C@]2(C)[C@H]3CC[C@]4(C)[C@@H](O)/C(=C/c5cnc(C6CC6)nc5)C[C@H]4[C@@H]3CC[C@@H]12. The van der Waals surface area contributed by atoms with Crippen LogP contribution in [0, 0.1) is 28.6 Å². The van der Waals surface area contributed by atoms with Gasteiger partial charge in [0.1, 0.15) is 5.82 Å². The third-order valence-corrected chi connectivity index (χ3v) is 9.98. The summed E-state index contributed by atoms with van der Waals surface area (Å²) in [5.74, 6) is 3.32. The Morgan fingerprint density at radius 1 is 1.09 bits per heavy atom. The second-order valence-corrected chi connectivity index (χ2v) is 11.6. The van der Waals surface area contributed by atoms with E-state index in [0.717, 1.165) is 49.1 Å². The maximum atomic E-state index is 12.3. The molecule has 1 N–H and O–H groups in total. The monoisotopic (exact) mass is 433 g/mol. The van der Waals surface area contributed by atoms with Crippen molar-refractivity contribution in [1.29, 1.82) is 0 Å². The first-order valence-corrected chi connectivity index (χ1v) is 12.5. The third kappa shape index (κ3) is 2.89. The Hall–Kier alpha value is -2.01. The Morgan fingerprint density at radius 2 is 1.84 bits per heavy atom. The minimum Gasteiger partial charge on any atom is -0.388 e. The van der Waals surface area contributed by atoms with Gasteiger partial charge in [-0.15, -0.1) is 0 Å². The highest BCUT2D eigenvalue weighted by atomic mass is 16.3. The highest BCUT2D eigenvalue weighted by Crippen LogP contribution is 2.65. The lowest BCUT2D eigenvalue weighted by molar-refractivity contribution is -0.140. The molecule has 1 amide bonds. The number of rotatable bonds is 2. The summed E-state index contributed by atoms with van der Waals surface area (Å²) in [5, 5.41) is 11.4. The minimum absolute atomic E-state index is 0.0385. The zero-order valence-electron chi connectivity index (χ0n) is 19.5. The van der Waals surface area contributed by atoms with Crippen molar-refractivity contribution < 1.29 is 9.90 Å². The van der Waals surface area contributed by atoms with Gasteiger partial charge in [-0.3, -0.25) is 4.79 Å². The zero-order valence-corrected chi connectivity index (χ0v) is 19.5. The van der Waals surface area contributed by atoms with Gasteiger partial charge in [0.15, 0.2) is 0 Å². The first kappa shape index (κ1) is 20.6. The van der Waals surface area contributed by atoms with Gasteiger partial charge in [0.05, 0.1) is 6.10 Å². The van der Waals surface area contributed by atoms with Crippen molar-refractivity contribution in [2.45, 2.75) is 76.9 Å². The van der Waals surface area contributed by atoms with Crippen LogP contribution >= 0.6 is 0 Å². The molecule has 1 aliphatic heterocycles. The quantitative estimate of drug-likeness (QED) is 0.753. The van der Waals surface area contributed by atoms with E-state index in [4.69, 9.17) is 0 Å². The Kier molecular flexibility index (Phi) is 4.50. The number of carbonyl (C=O) groups excluding carboxylic acids is 1. The van der Waals surface area contributed by atoms with Crippen LogP contribution in [0.4, 0.5) is 0 Å². The Bertz CT molecular complexity index is 997. The van der Waals surface area contributed by atoms with Crippen molar-refractivity contribution >= 4 is 12.0 Å². The van der Waals surface area contributed by atoms with Crippen LogP contribution in [0.1, 0.15) is 76.1 Å². The molecular formula is C27H35N3O2. The smallest absolute Gasteiger partial charge is 0.246 e. The number of likely N-dealkylation sites (N-methyl/N-ethyl adjacent to an activating group) is 1. The molecule has 1 aromatic rings. The summed E-state index contributed by atoms with van der Waals surface area (Å²) in [4.78, 5) is 23.4. The van der Waals surface area contributed by atoms with Crippen molar-refractivity contribution in [2.24, 2.45) is 28.6 Å². The summed E-state index contributed by atoms with van der Waals surface area (Å²) in [5.41, 5.74) is 2.13. The second-order valence-electron chi connectivity index (χ2n) is 11.6. The summed E-state index contributed by atoms with van der Waals surface area (Å²) in [7, 11) is 1.97. The molecule has 5 aliphatic rings. The number of aromatic nitrogens is 2. The average molecular weight is 434 g/mol. The number of hydrogen-bond acceptors (Lipinski definition) is 4. The summed E-state index contributed by atoms with van der Waals surface area (Å²) in [6.45, 7) is 4.68.